The van der Waals surface area contributed by atoms with Crippen LogP contribution in [0.1, 0.15) is 28.1 Å². The second-order valence-electron chi connectivity index (χ2n) is 8.39. The summed E-state index contributed by atoms with van der Waals surface area (Å²) in [5, 5.41) is 3.95. The van der Waals surface area contributed by atoms with Crippen molar-refractivity contribution in [2.45, 2.75) is 33.4 Å². The summed E-state index contributed by atoms with van der Waals surface area (Å²) < 4.78 is 16.5. The third-order valence-corrected chi connectivity index (χ3v) is 6.02. The molecule has 2 heterocycles. The monoisotopic (exact) mass is 449 g/mol. The summed E-state index contributed by atoms with van der Waals surface area (Å²) in [7, 11) is 1.86. The maximum absolute atomic E-state index is 12.9. The summed E-state index contributed by atoms with van der Waals surface area (Å²) in [4.78, 5) is 17.0. The Hall–Kier alpha value is -3.32. The molecule has 0 N–H and O–H groups in total. The van der Waals surface area contributed by atoms with E-state index in [1.807, 2.05) is 57.3 Å². The van der Waals surface area contributed by atoms with Crippen molar-refractivity contribution < 1.29 is 18.8 Å². The van der Waals surface area contributed by atoms with Crippen LogP contribution >= 0.6 is 0 Å². The zero-order valence-corrected chi connectivity index (χ0v) is 19.5. The number of hydrogen-bond donors (Lipinski definition) is 0. The van der Waals surface area contributed by atoms with E-state index < -0.39 is 0 Å². The van der Waals surface area contributed by atoms with Crippen LogP contribution in [0.15, 0.2) is 53.1 Å². The molecule has 174 valence electrons. The van der Waals surface area contributed by atoms with Gasteiger partial charge in [-0.2, -0.15) is 0 Å². The van der Waals surface area contributed by atoms with Crippen LogP contribution in [0, 0.1) is 13.8 Å². The molecule has 1 aliphatic rings. The first kappa shape index (κ1) is 22.9. The van der Waals surface area contributed by atoms with Crippen molar-refractivity contribution in [2.75, 3.05) is 38.3 Å². The minimum absolute atomic E-state index is 0.0798. The molecular formula is C26H31N3O4. The van der Waals surface area contributed by atoms with Gasteiger partial charge in [-0.1, -0.05) is 35.5 Å². The molecule has 0 unspecified atom stereocenters. The van der Waals surface area contributed by atoms with Gasteiger partial charge in [0.05, 0.1) is 30.9 Å². The maximum atomic E-state index is 12.9. The van der Waals surface area contributed by atoms with Gasteiger partial charge in [-0.25, -0.2) is 0 Å². The standard InChI is InChI=1S/C26H31N3O4/c1-19-24(20(2)33-27-19)18-32-23-10-8-21(9-11-23)16-26(30)28(3)17-22-6-4-5-7-25(22)29-12-14-31-15-13-29/h4-11H,12-18H2,1-3H3. The normalized spacial score (nSPS) is 13.7. The Morgan fingerprint density at radius 3 is 2.52 bits per heavy atom. The molecule has 1 aromatic heterocycles. The lowest BCUT2D eigenvalue weighted by Crippen LogP contribution is -2.37. The van der Waals surface area contributed by atoms with E-state index in [2.05, 4.69) is 22.2 Å². The number of likely N-dealkylation sites (N-methyl/N-ethyl adjacent to an activating group) is 1. The summed E-state index contributed by atoms with van der Waals surface area (Å²) in [6.07, 6.45) is 0.348. The molecule has 1 fully saturated rings. The highest BCUT2D eigenvalue weighted by atomic mass is 16.5. The SMILES string of the molecule is Cc1noc(C)c1COc1ccc(CC(=O)N(C)Cc2ccccc2N2CCOCC2)cc1. The van der Waals surface area contributed by atoms with Crippen LogP contribution in [-0.4, -0.2) is 49.3 Å². The van der Waals surface area contributed by atoms with Crippen molar-refractivity contribution >= 4 is 11.6 Å². The summed E-state index contributed by atoms with van der Waals surface area (Å²) in [5.74, 6) is 1.60. The number of ether oxygens (including phenoxy) is 2. The van der Waals surface area contributed by atoms with E-state index in [0.29, 0.717) is 19.6 Å². The second kappa shape index (κ2) is 10.5. The summed E-state index contributed by atoms with van der Waals surface area (Å²) >= 11 is 0. The fourth-order valence-electron chi connectivity index (χ4n) is 3.98. The number of carbonyl (C=O) groups excluding carboxylic acids is 1. The van der Waals surface area contributed by atoms with Crippen LogP contribution in [-0.2, 0) is 29.1 Å². The number of hydrogen-bond acceptors (Lipinski definition) is 6. The number of aromatic nitrogens is 1. The third-order valence-electron chi connectivity index (χ3n) is 6.02. The Labute approximate surface area is 194 Å². The van der Waals surface area contributed by atoms with Crippen molar-refractivity contribution in [1.29, 1.82) is 0 Å². The Bertz CT molecular complexity index is 1050. The molecular weight excluding hydrogens is 418 g/mol. The average molecular weight is 450 g/mol. The van der Waals surface area contributed by atoms with Gasteiger partial charge in [0.1, 0.15) is 18.1 Å². The first-order chi connectivity index (χ1) is 16.0. The Kier molecular flexibility index (Phi) is 7.29. The largest absolute Gasteiger partial charge is 0.489 e. The van der Waals surface area contributed by atoms with Gasteiger partial charge in [0.25, 0.3) is 0 Å². The van der Waals surface area contributed by atoms with E-state index in [4.69, 9.17) is 14.0 Å². The Morgan fingerprint density at radius 2 is 1.82 bits per heavy atom. The topological polar surface area (TPSA) is 68.0 Å². The Balaban J connectivity index is 1.33. The van der Waals surface area contributed by atoms with E-state index in [1.54, 1.807) is 4.90 Å². The smallest absolute Gasteiger partial charge is 0.227 e. The number of anilines is 1. The lowest BCUT2D eigenvalue weighted by molar-refractivity contribution is -0.129. The number of carbonyl (C=O) groups is 1. The fourth-order valence-corrected chi connectivity index (χ4v) is 3.98. The number of amides is 1. The summed E-state index contributed by atoms with van der Waals surface area (Å²) in [5.41, 5.74) is 5.10. The summed E-state index contributed by atoms with van der Waals surface area (Å²) in [6.45, 7) is 7.99. The van der Waals surface area contributed by atoms with E-state index in [-0.39, 0.29) is 5.91 Å². The van der Waals surface area contributed by atoms with E-state index in [9.17, 15) is 4.79 Å². The predicted octanol–water partition coefficient (Wildman–Crippen LogP) is 3.91. The molecule has 1 amide bonds. The molecule has 0 bridgehead atoms. The van der Waals surface area contributed by atoms with Gasteiger partial charge < -0.3 is 23.8 Å². The quantitative estimate of drug-likeness (QED) is 0.520. The molecule has 0 saturated carbocycles. The van der Waals surface area contributed by atoms with Crippen LogP contribution in [0.2, 0.25) is 0 Å². The highest BCUT2D eigenvalue weighted by Gasteiger charge is 2.17. The van der Waals surface area contributed by atoms with Gasteiger partial charge in [-0.05, 0) is 43.2 Å². The number of benzene rings is 2. The molecule has 33 heavy (non-hydrogen) atoms. The van der Waals surface area contributed by atoms with Gasteiger partial charge in [-0.3, -0.25) is 4.79 Å². The number of morpholine rings is 1. The van der Waals surface area contributed by atoms with Crippen LogP contribution < -0.4 is 9.64 Å². The number of aryl methyl sites for hydroxylation is 2. The third kappa shape index (κ3) is 5.73. The van der Waals surface area contributed by atoms with Crippen LogP contribution in [0.25, 0.3) is 0 Å². The van der Waals surface area contributed by atoms with Gasteiger partial charge >= 0.3 is 0 Å². The lowest BCUT2D eigenvalue weighted by atomic mass is 10.1. The predicted molar refractivity (Wildman–Crippen MR) is 126 cm³/mol. The van der Waals surface area contributed by atoms with Crippen molar-refractivity contribution in [2.24, 2.45) is 0 Å². The number of nitrogens with zero attached hydrogens (tertiary/aromatic N) is 3. The lowest BCUT2D eigenvalue weighted by Gasteiger charge is -2.31. The zero-order valence-electron chi connectivity index (χ0n) is 19.5. The molecule has 1 aliphatic heterocycles. The minimum atomic E-state index is 0.0798. The van der Waals surface area contributed by atoms with Crippen molar-refractivity contribution in [3.8, 4) is 5.75 Å². The number of para-hydroxylation sites is 1. The molecule has 0 spiro atoms. The molecule has 4 rings (SSSR count). The summed E-state index contributed by atoms with van der Waals surface area (Å²) in [6, 6.07) is 16.0. The van der Waals surface area contributed by atoms with E-state index >= 15 is 0 Å². The fraction of sp³-hybridized carbons (Fsp3) is 0.385. The van der Waals surface area contributed by atoms with Crippen LogP contribution in [0.4, 0.5) is 5.69 Å². The molecule has 0 aliphatic carbocycles. The van der Waals surface area contributed by atoms with E-state index in [0.717, 1.165) is 60.2 Å². The first-order valence-corrected chi connectivity index (χ1v) is 11.3. The average Bonchev–Trinajstić information content (AvgIpc) is 3.16. The molecule has 0 radical (unpaired) electrons. The second-order valence-corrected chi connectivity index (χ2v) is 8.39. The van der Waals surface area contributed by atoms with Crippen LogP contribution in [0.5, 0.6) is 5.75 Å². The van der Waals surface area contributed by atoms with Crippen molar-refractivity contribution in [3.63, 3.8) is 0 Å². The van der Waals surface area contributed by atoms with E-state index in [1.165, 1.54) is 5.69 Å². The number of rotatable bonds is 8. The van der Waals surface area contributed by atoms with Crippen molar-refractivity contribution in [1.82, 2.24) is 10.1 Å². The van der Waals surface area contributed by atoms with Gasteiger partial charge in [-0.15, -0.1) is 0 Å². The minimum Gasteiger partial charge on any atom is -0.489 e. The molecule has 7 heteroatoms. The molecule has 7 nitrogen and oxygen atoms in total. The molecule has 2 aromatic carbocycles. The van der Waals surface area contributed by atoms with Gasteiger partial charge in [0.2, 0.25) is 5.91 Å². The highest BCUT2D eigenvalue weighted by molar-refractivity contribution is 5.78. The zero-order chi connectivity index (χ0) is 23.2. The first-order valence-electron chi connectivity index (χ1n) is 11.3. The molecule has 0 atom stereocenters. The molecule has 1 saturated heterocycles. The van der Waals surface area contributed by atoms with Crippen LogP contribution in [0.3, 0.4) is 0 Å². The highest BCUT2D eigenvalue weighted by Crippen LogP contribution is 2.23. The van der Waals surface area contributed by atoms with Crippen molar-refractivity contribution in [3.05, 3.63) is 76.7 Å². The van der Waals surface area contributed by atoms with Gasteiger partial charge in [0, 0.05) is 32.4 Å². The maximum Gasteiger partial charge on any atom is 0.227 e. The van der Waals surface area contributed by atoms with Gasteiger partial charge in [0.15, 0.2) is 0 Å². The Morgan fingerprint density at radius 1 is 1.09 bits per heavy atom. The molecule has 3 aromatic rings.